The molecule has 0 unspecified atom stereocenters. The fourth-order valence-electron chi connectivity index (χ4n) is 1.26. The highest BCUT2D eigenvalue weighted by molar-refractivity contribution is 5.89. The summed E-state index contributed by atoms with van der Waals surface area (Å²) in [6, 6.07) is 0. The van der Waals surface area contributed by atoms with Gasteiger partial charge < -0.3 is 9.47 Å². The molecule has 0 fully saturated rings. The molecule has 0 saturated heterocycles. The minimum atomic E-state index is -2.95. The first-order valence-corrected chi connectivity index (χ1v) is 4.62. The van der Waals surface area contributed by atoms with Crippen molar-refractivity contribution >= 4 is 5.97 Å². The van der Waals surface area contributed by atoms with Gasteiger partial charge in [0, 0.05) is 12.6 Å². The van der Waals surface area contributed by atoms with Gasteiger partial charge in [0.15, 0.2) is 5.69 Å². The summed E-state index contributed by atoms with van der Waals surface area (Å²) < 4.78 is 34.2. The van der Waals surface area contributed by atoms with E-state index in [2.05, 4.69) is 9.84 Å². The molecular weight excluding hydrogens is 222 g/mol. The molecule has 16 heavy (non-hydrogen) atoms. The molecule has 1 aromatic rings. The van der Waals surface area contributed by atoms with Crippen LogP contribution in [-0.4, -0.2) is 29.0 Å². The van der Waals surface area contributed by atoms with Gasteiger partial charge in [0.1, 0.15) is 0 Å². The molecule has 0 amide bonds. The molecule has 5 nitrogen and oxygen atoms in total. The Morgan fingerprint density at radius 1 is 1.56 bits per heavy atom. The molecule has 0 aliphatic rings. The van der Waals surface area contributed by atoms with Gasteiger partial charge in [-0.3, -0.25) is 0 Å². The Morgan fingerprint density at radius 2 is 2.19 bits per heavy atom. The van der Waals surface area contributed by atoms with Crippen molar-refractivity contribution < 1.29 is 23.0 Å². The summed E-state index contributed by atoms with van der Waals surface area (Å²) in [7, 11) is 1.41. The molecule has 1 rings (SSSR count). The molecule has 0 atom stereocenters. The first kappa shape index (κ1) is 12.4. The van der Waals surface area contributed by atoms with Gasteiger partial charge in [-0.05, 0) is 13.8 Å². The van der Waals surface area contributed by atoms with Gasteiger partial charge in [0.25, 0.3) is 0 Å². The van der Waals surface area contributed by atoms with Gasteiger partial charge in [-0.2, -0.15) is 13.9 Å². The number of carbonyl (C=O) groups excluding carboxylic acids is 1. The van der Waals surface area contributed by atoms with Crippen LogP contribution in [0.1, 0.15) is 23.0 Å². The molecule has 0 aromatic carbocycles. The number of carbonyl (C=O) groups is 1. The van der Waals surface area contributed by atoms with Crippen LogP contribution in [-0.2, 0) is 11.8 Å². The summed E-state index contributed by atoms with van der Waals surface area (Å²) in [6.07, 6.45) is 0. The molecule has 90 valence electrons. The van der Waals surface area contributed by atoms with Gasteiger partial charge in [0.2, 0.25) is 5.88 Å². The van der Waals surface area contributed by atoms with Crippen LogP contribution in [0, 0.1) is 6.92 Å². The van der Waals surface area contributed by atoms with Crippen LogP contribution in [0.5, 0.6) is 5.88 Å². The Morgan fingerprint density at radius 3 is 2.69 bits per heavy atom. The van der Waals surface area contributed by atoms with Crippen molar-refractivity contribution in [1.29, 1.82) is 0 Å². The lowest BCUT2D eigenvalue weighted by molar-refractivity contribution is -0.0557. The van der Waals surface area contributed by atoms with Crippen LogP contribution < -0.4 is 4.74 Å². The largest absolute Gasteiger partial charge is 0.461 e. The molecule has 0 aliphatic heterocycles. The number of halogens is 2. The minimum Gasteiger partial charge on any atom is -0.461 e. The summed E-state index contributed by atoms with van der Waals surface area (Å²) in [5, 5.41) is 3.77. The maximum atomic E-state index is 12.1. The number of rotatable bonds is 4. The number of alkyl halides is 2. The van der Waals surface area contributed by atoms with Crippen molar-refractivity contribution in [2.45, 2.75) is 20.5 Å². The molecule has 0 bridgehead atoms. The van der Waals surface area contributed by atoms with E-state index in [4.69, 9.17) is 4.74 Å². The van der Waals surface area contributed by atoms with Gasteiger partial charge in [0.05, 0.1) is 6.61 Å². The second kappa shape index (κ2) is 4.91. The van der Waals surface area contributed by atoms with Crippen LogP contribution in [0.15, 0.2) is 0 Å². The van der Waals surface area contributed by atoms with Gasteiger partial charge in [-0.1, -0.05) is 0 Å². The summed E-state index contributed by atoms with van der Waals surface area (Å²) in [6.45, 7) is 0.355. The Hall–Kier alpha value is -1.66. The van der Waals surface area contributed by atoms with E-state index in [1.54, 1.807) is 6.92 Å². The molecule has 0 N–H and O–H groups in total. The second-order valence-corrected chi connectivity index (χ2v) is 3.00. The summed E-state index contributed by atoms with van der Waals surface area (Å²) in [4.78, 5) is 11.4. The topological polar surface area (TPSA) is 53.3 Å². The number of aryl methyl sites for hydroxylation is 1. The summed E-state index contributed by atoms with van der Waals surface area (Å²) >= 11 is 0. The second-order valence-electron chi connectivity index (χ2n) is 3.00. The molecule has 0 spiro atoms. The van der Waals surface area contributed by atoms with Gasteiger partial charge in [-0.15, -0.1) is 0 Å². The Bertz CT molecular complexity index is 390. The highest BCUT2D eigenvalue weighted by atomic mass is 19.3. The number of nitrogens with zero attached hydrogens (tertiary/aromatic N) is 2. The smallest absolute Gasteiger partial charge is 0.388 e. The molecular formula is C9H12F2N2O3. The van der Waals surface area contributed by atoms with E-state index in [1.807, 2.05) is 0 Å². The maximum absolute atomic E-state index is 12.1. The molecule has 0 saturated carbocycles. The SMILES string of the molecule is CCOC(=O)c1nn(C)c(OC(F)F)c1C. The van der Waals surface area contributed by atoms with Gasteiger partial charge >= 0.3 is 12.6 Å². The third-order valence-electron chi connectivity index (χ3n) is 1.89. The third-order valence-corrected chi connectivity index (χ3v) is 1.89. The number of aromatic nitrogens is 2. The van der Waals surface area contributed by atoms with Crippen molar-refractivity contribution in [3.8, 4) is 5.88 Å². The highest BCUT2D eigenvalue weighted by Gasteiger charge is 2.22. The molecule has 0 aliphatic carbocycles. The van der Waals surface area contributed by atoms with Crippen LogP contribution >= 0.6 is 0 Å². The molecule has 1 aromatic heterocycles. The van der Waals surface area contributed by atoms with Crippen molar-refractivity contribution in [3.63, 3.8) is 0 Å². The molecule has 1 heterocycles. The molecule has 0 radical (unpaired) electrons. The van der Waals surface area contributed by atoms with Crippen molar-refractivity contribution in [1.82, 2.24) is 9.78 Å². The predicted octanol–water partition coefficient (Wildman–Crippen LogP) is 1.51. The van der Waals surface area contributed by atoms with Crippen LogP contribution in [0.2, 0.25) is 0 Å². The maximum Gasteiger partial charge on any atom is 0.388 e. The zero-order valence-corrected chi connectivity index (χ0v) is 9.16. The predicted molar refractivity (Wildman–Crippen MR) is 50.5 cm³/mol. The van der Waals surface area contributed by atoms with Crippen molar-refractivity contribution in [3.05, 3.63) is 11.3 Å². The average molecular weight is 234 g/mol. The van der Waals surface area contributed by atoms with E-state index in [0.717, 1.165) is 4.68 Å². The summed E-state index contributed by atoms with van der Waals surface area (Å²) in [5.74, 6) is -0.794. The highest BCUT2D eigenvalue weighted by Crippen LogP contribution is 2.22. The monoisotopic (exact) mass is 234 g/mol. The standard InChI is InChI=1S/C9H12F2N2O3/c1-4-15-8(14)6-5(2)7(13(3)12-6)16-9(10)11/h9H,4H2,1-3H3. The lowest BCUT2D eigenvalue weighted by Crippen LogP contribution is -2.07. The minimum absolute atomic E-state index is 0.0139. The van der Waals surface area contributed by atoms with Crippen LogP contribution in [0.4, 0.5) is 8.78 Å². The zero-order valence-electron chi connectivity index (χ0n) is 9.16. The fourth-order valence-corrected chi connectivity index (χ4v) is 1.26. The number of esters is 1. The van der Waals surface area contributed by atoms with E-state index < -0.39 is 12.6 Å². The number of hydrogen-bond acceptors (Lipinski definition) is 4. The van der Waals surface area contributed by atoms with Crippen molar-refractivity contribution in [2.75, 3.05) is 6.61 Å². The Labute approximate surface area is 90.9 Å². The average Bonchev–Trinajstić information content (AvgIpc) is 2.45. The van der Waals surface area contributed by atoms with Gasteiger partial charge in [-0.25, -0.2) is 9.48 Å². The first-order valence-electron chi connectivity index (χ1n) is 4.62. The Kier molecular flexibility index (Phi) is 3.81. The zero-order chi connectivity index (χ0) is 12.3. The van der Waals surface area contributed by atoms with Crippen LogP contribution in [0.25, 0.3) is 0 Å². The number of ether oxygens (including phenoxy) is 2. The lowest BCUT2D eigenvalue weighted by atomic mass is 10.3. The molecule has 7 heteroatoms. The van der Waals surface area contributed by atoms with E-state index in [0.29, 0.717) is 0 Å². The van der Waals surface area contributed by atoms with E-state index in [1.165, 1.54) is 14.0 Å². The van der Waals surface area contributed by atoms with Crippen molar-refractivity contribution in [2.24, 2.45) is 7.05 Å². The Balaban J connectivity index is 3.01. The quantitative estimate of drug-likeness (QED) is 0.741. The number of hydrogen-bond donors (Lipinski definition) is 0. The normalized spacial score (nSPS) is 10.6. The van der Waals surface area contributed by atoms with E-state index in [9.17, 15) is 13.6 Å². The van der Waals surface area contributed by atoms with E-state index in [-0.39, 0.29) is 23.7 Å². The third kappa shape index (κ3) is 2.47. The van der Waals surface area contributed by atoms with E-state index >= 15 is 0 Å². The van der Waals surface area contributed by atoms with Crippen LogP contribution in [0.3, 0.4) is 0 Å². The lowest BCUT2D eigenvalue weighted by Gasteiger charge is -2.04. The first-order chi connectivity index (χ1) is 7.47. The summed E-state index contributed by atoms with van der Waals surface area (Å²) in [5.41, 5.74) is 0.223. The fraction of sp³-hybridized carbons (Fsp3) is 0.556.